The molecular formula is C14H26O3. The van der Waals surface area contributed by atoms with Crippen molar-refractivity contribution in [2.24, 2.45) is 11.8 Å². The molecule has 17 heavy (non-hydrogen) atoms. The average Bonchev–Trinajstić information content (AvgIpc) is 2.94. The largest absolute Gasteiger partial charge is 0.460 e. The molecule has 0 heterocycles. The molecule has 0 amide bonds. The Hall–Kier alpha value is -0.570. The summed E-state index contributed by atoms with van der Waals surface area (Å²) in [6, 6.07) is 0. The van der Waals surface area contributed by atoms with Crippen LogP contribution in [-0.4, -0.2) is 24.8 Å². The van der Waals surface area contributed by atoms with Crippen molar-refractivity contribution in [3.8, 4) is 0 Å². The fourth-order valence-corrected chi connectivity index (χ4v) is 1.82. The first-order valence-electron chi connectivity index (χ1n) is 6.74. The predicted molar refractivity (Wildman–Crippen MR) is 67.8 cm³/mol. The molecule has 1 aliphatic carbocycles. The van der Waals surface area contributed by atoms with E-state index in [0.29, 0.717) is 5.92 Å². The molecule has 3 heteroatoms. The lowest BCUT2D eigenvalue weighted by Gasteiger charge is -2.19. The third kappa shape index (κ3) is 6.06. The number of esters is 1. The smallest absolute Gasteiger partial charge is 0.309 e. The van der Waals surface area contributed by atoms with Gasteiger partial charge in [0.05, 0.1) is 5.92 Å². The van der Waals surface area contributed by atoms with Crippen LogP contribution >= 0.6 is 0 Å². The Kier molecular flexibility index (Phi) is 5.44. The second kappa shape index (κ2) is 6.39. The van der Waals surface area contributed by atoms with Crippen molar-refractivity contribution in [2.45, 2.75) is 59.0 Å². The highest BCUT2D eigenvalue weighted by Gasteiger charge is 2.44. The molecule has 1 rings (SSSR count). The quantitative estimate of drug-likeness (QED) is 0.508. The zero-order valence-corrected chi connectivity index (χ0v) is 11.6. The first-order chi connectivity index (χ1) is 7.94. The van der Waals surface area contributed by atoms with Crippen LogP contribution < -0.4 is 0 Å². The van der Waals surface area contributed by atoms with Gasteiger partial charge in [0.25, 0.3) is 0 Å². The zero-order chi connectivity index (χ0) is 12.9. The molecule has 0 unspecified atom stereocenters. The van der Waals surface area contributed by atoms with E-state index in [9.17, 15) is 4.79 Å². The summed E-state index contributed by atoms with van der Waals surface area (Å²) < 4.78 is 10.9. The number of carbonyl (C=O) groups excluding carboxylic acids is 1. The standard InChI is InChI=1S/C14H26O3/c1-5-6-8-16-9-7-11-10-12(11)13(15)17-14(2,3)4/h11-12H,5-10H2,1-4H3/t11-,12-/m1/s1. The minimum Gasteiger partial charge on any atom is -0.460 e. The van der Waals surface area contributed by atoms with Gasteiger partial charge in [-0.15, -0.1) is 0 Å². The number of hydrogen-bond acceptors (Lipinski definition) is 3. The number of carbonyl (C=O) groups is 1. The summed E-state index contributed by atoms with van der Waals surface area (Å²) >= 11 is 0. The van der Waals surface area contributed by atoms with Crippen molar-refractivity contribution in [2.75, 3.05) is 13.2 Å². The van der Waals surface area contributed by atoms with Crippen LogP contribution in [0.4, 0.5) is 0 Å². The minimum atomic E-state index is -0.359. The van der Waals surface area contributed by atoms with E-state index in [-0.39, 0.29) is 17.5 Å². The Balaban J connectivity index is 2.06. The van der Waals surface area contributed by atoms with Gasteiger partial charge in [0, 0.05) is 13.2 Å². The highest BCUT2D eigenvalue weighted by molar-refractivity contribution is 5.76. The maximum atomic E-state index is 11.7. The van der Waals surface area contributed by atoms with Gasteiger partial charge in [-0.05, 0) is 46.0 Å². The van der Waals surface area contributed by atoms with Crippen molar-refractivity contribution >= 4 is 5.97 Å². The van der Waals surface area contributed by atoms with Gasteiger partial charge < -0.3 is 9.47 Å². The molecule has 0 saturated heterocycles. The molecule has 1 aliphatic rings. The summed E-state index contributed by atoms with van der Waals surface area (Å²) in [5.74, 6) is 0.589. The molecule has 100 valence electrons. The van der Waals surface area contributed by atoms with Gasteiger partial charge in [0.1, 0.15) is 5.60 Å². The molecule has 2 atom stereocenters. The summed E-state index contributed by atoms with van der Waals surface area (Å²) in [5, 5.41) is 0. The van der Waals surface area contributed by atoms with E-state index in [2.05, 4.69) is 6.92 Å². The van der Waals surface area contributed by atoms with E-state index in [1.54, 1.807) is 0 Å². The number of rotatable bonds is 7. The monoisotopic (exact) mass is 242 g/mol. The van der Waals surface area contributed by atoms with E-state index in [1.165, 1.54) is 6.42 Å². The normalized spacial score (nSPS) is 23.5. The van der Waals surface area contributed by atoms with Gasteiger partial charge in [-0.3, -0.25) is 4.79 Å². The Morgan fingerprint density at radius 2 is 2.00 bits per heavy atom. The first-order valence-corrected chi connectivity index (χ1v) is 6.74. The minimum absolute atomic E-state index is 0.0314. The Labute approximate surface area is 105 Å². The lowest BCUT2D eigenvalue weighted by molar-refractivity contribution is -0.156. The van der Waals surface area contributed by atoms with Crippen LogP contribution in [0.15, 0.2) is 0 Å². The Morgan fingerprint density at radius 1 is 1.29 bits per heavy atom. The van der Waals surface area contributed by atoms with Crippen molar-refractivity contribution in [3.05, 3.63) is 0 Å². The lowest BCUT2D eigenvalue weighted by atomic mass is 10.2. The van der Waals surface area contributed by atoms with Crippen molar-refractivity contribution in [3.63, 3.8) is 0 Å². The third-order valence-corrected chi connectivity index (χ3v) is 2.91. The SMILES string of the molecule is CCCCOCC[C@@H]1C[C@H]1C(=O)OC(C)(C)C. The molecule has 1 fully saturated rings. The molecule has 0 spiro atoms. The molecule has 0 N–H and O–H groups in total. The van der Waals surface area contributed by atoms with Gasteiger partial charge in [0.15, 0.2) is 0 Å². The van der Waals surface area contributed by atoms with Crippen LogP contribution in [0, 0.1) is 11.8 Å². The van der Waals surface area contributed by atoms with Crippen LogP contribution in [0.3, 0.4) is 0 Å². The molecule has 0 bridgehead atoms. The Bertz CT molecular complexity index is 242. The predicted octanol–water partition coefficient (Wildman–Crippen LogP) is 3.17. The highest BCUT2D eigenvalue weighted by Crippen LogP contribution is 2.42. The van der Waals surface area contributed by atoms with E-state index in [4.69, 9.17) is 9.47 Å². The number of ether oxygens (including phenoxy) is 2. The number of hydrogen-bond donors (Lipinski definition) is 0. The maximum Gasteiger partial charge on any atom is 0.309 e. The van der Waals surface area contributed by atoms with Crippen LogP contribution in [0.2, 0.25) is 0 Å². The van der Waals surface area contributed by atoms with Crippen molar-refractivity contribution in [1.82, 2.24) is 0 Å². The van der Waals surface area contributed by atoms with Crippen LogP contribution in [0.5, 0.6) is 0 Å². The van der Waals surface area contributed by atoms with Gasteiger partial charge in [-0.1, -0.05) is 13.3 Å². The fourth-order valence-electron chi connectivity index (χ4n) is 1.82. The molecule has 0 aromatic rings. The first kappa shape index (κ1) is 14.5. The van der Waals surface area contributed by atoms with Crippen LogP contribution in [0.1, 0.15) is 53.4 Å². The molecule has 0 radical (unpaired) electrons. The Morgan fingerprint density at radius 3 is 2.59 bits per heavy atom. The second-order valence-corrected chi connectivity index (χ2v) is 5.89. The van der Waals surface area contributed by atoms with Crippen LogP contribution in [-0.2, 0) is 14.3 Å². The summed E-state index contributed by atoms with van der Waals surface area (Å²) in [6.45, 7) is 9.52. The van der Waals surface area contributed by atoms with E-state index in [1.807, 2.05) is 20.8 Å². The van der Waals surface area contributed by atoms with E-state index < -0.39 is 0 Å². The van der Waals surface area contributed by atoms with Crippen LogP contribution in [0.25, 0.3) is 0 Å². The third-order valence-electron chi connectivity index (χ3n) is 2.91. The summed E-state index contributed by atoms with van der Waals surface area (Å²) in [7, 11) is 0. The van der Waals surface area contributed by atoms with Gasteiger partial charge >= 0.3 is 5.97 Å². The number of unbranched alkanes of at least 4 members (excludes halogenated alkanes) is 1. The molecular weight excluding hydrogens is 216 g/mol. The molecule has 3 nitrogen and oxygen atoms in total. The average molecular weight is 242 g/mol. The summed E-state index contributed by atoms with van der Waals surface area (Å²) in [6.07, 6.45) is 4.27. The topological polar surface area (TPSA) is 35.5 Å². The van der Waals surface area contributed by atoms with Crippen molar-refractivity contribution < 1.29 is 14.3 Å². The zero-order valence-electron chi connectivity index (χ0n) is 11.6. The van der Waals surface area contributed by atoms with Crippen molar-refractivity contribution in [1.29, 1.82) is 0 Å². The van der Waals surface area contributed by atoms with Gasteiger partial charge in [-0.2, -0.15) is 0 Å². The maximum absolute atomic E-state index is 11.7. The van der Waals surface area contributed by atoms with E-state index in [0.717, 1.165) is 32.5 Å². The molecule has 0 aromatic heterocycles. The highest BCUT2D eigenvalue weighted by atomic mass is 16.6. The fraction of sp³-hybridized carbons (Fsp3) is 0.929. The molecule has 1 saturated carbocycles. The summed E-state index contributed by atoms with van der Waals surface area (Å²) in [5.41, 5.74) is -0.359. The van der Waals surface area contributed by atoms with Gasteiger partial charge in [-0.25, -0.2) is 0 Å². The summed E-state index contributed by atoms with van der Waals surface area (Å²) in [4.78, 5) is 11.7. The molecule has 0 aromatic carbocycles. The van der Waals surface area contributed by atoms with E-state index >= 15 is 0 Å². The molecule has 0 aliphatic heterocycles. The van der Waals surface area contributed by atoms with Gasteiger partial charge in [0.2, 0.25) is 0 Å². The second-order valence-electron chi connectivity index (χ2n) is 5.89. The lowest BCUT2D eigenvalue weighted by Crippen LogP contribution is -2.25.